The molecule has 0 aliphatic carbocycles. The molecule has 1 aliphatic rings. The molecule has 1 fully saturated rings. The number of anilines is 1. The van der Waals surface area contributed by atoms with Crippen molar-refractivity contribution >= 4 is 22.6 Å². The van der Waals surface area contributed by atoms with Gasteiger partial charge in [0.25, 0.3) is 0 Å². The van der Waals surface area contributed by atoms with E-state index in [2.05, 4.69) is 50.5 Å². The third-order valence-corrected chi connectivity index (χ3v) is 5.39. The molecule has 1 N–H and O–H groups in total. The third-order valence-electron chi connectivity index (χ3n) is 4.58. The predicted octanol–water partition coefficient (Wildman–Crippen LogP) is 2.79. The van der Waals surface area contributed by atoms with E-state index in [4.69, 9.17) is 9.73 Å². The summed E-state index contributed by atoms with van der Waals surface area (Å²) in [6, 6.07) is 8.16. The molecule has 0 atom stereocenters. The summed E-state index contributed by atoms with van der Waals surface area (Å²) in [5.41, 5.74) is 1.15. The molecule has 1 aromatic carbocycles. The van der Waals surface area contributed by atoms with Crippen molar-refractivity contribution in [2.75, 3.05) is 44.2 Å². The molecule has 1 aliphatic heterocycles. The summed E-state index contributed by atoms with van der Waals surface area (Å²) in [5.74, 6) is 2.81. The van der Waals surface area contributed by atoms with Gasteiger partial charge in [-0.3, -0.25) is 0 Å². The fraction of sp³-hybridized carbons (Fsp3) is 0.550. The van der Waals surface area contributed by atoms with Gasteiger partial charge >= 0.3 is 0 Å². The Morgan fingerprint density at radius 1 is 1.21 bits per heavy atom. The molecule has 0 saturated carbocycles. The fourth-order valence-electron chi connectivity index (χ4n) is 3.12. The second-order valence-corrected chi connectivity index (χ2v) is 7.30. The molecule has 7 nitrogen and oxygen atoms in total. The largest absolute Gasteiger partial charge is 0.494 e. The first-order chi connectivity index (χ1) is 13.7. The first-order valence-corrected chi connectivity index (χ1v) is 10.8. The minimum atomic E-state index is 0.639. The number of hydrogen-bond donors (Lipinski definition) is 1. The molecule has 0 bridgehead atoms. The second kappa shape index (κ2) is 10.3. The molecule has 0 unspecified atom stereocenters. The first-order valence-electron chi connectivity index (χ1n) is 10.1. The normalized spacial score (nSPS) is 15.0. The van der Waals surface area contributed by atoms with Crippen molar-refractivity contribution in [3.8, 4) is 5.75 Å². The number of aliphatic imine (C=N–C) groups is 1. The van der Waals surface area contributed by atoms with Gasteiger partial charge in [0.05, 0.1) is 13.2 Å². The van der Waals surface area contributed by atoms with Crippen LogP contribution in [0.1, 0.15) is 32.2 Å². The van der Waals surface area contributed by atoms with Crippen molar-refractivity contribution in [3.05, 3.63) is 35.7 Å². The van der Waals surface area contributed by atoms with E-state index in [1.165, 1.54) is 11.5 Å². The number of ether oxygens (including phenoxy) is 1. The standard InChI is InChI=1S/C20H30N6OS/c1-4-18-23-20(28-24-18)26-12-10-25(11-13-26)19(21-5-2)22-15-16-8-7-9-17(14-16)27-6-3/h7-9,14H,4-6,10-13,15H2,1-3H3,(H,21,22). The van der Waals surface area contributed by atoms with Crippen molar-refractivity contribution < 1.29 is 4.74 Å². The number of nitrogens with zero attached hydrogens (tertiary/aromatic N) is 5. The highest BCUT2D eigenvalue weighted by molar-refractivity contribution is 7.09. The van der Waals surface area contributed by atoms with Gasteiger partial charge in [-0.1, -0.05) is 19.1 Å². The van der Waals surface area contributed by atoms with Crippen LogP contribution >= 0.6 is 11.5 Å². The molecule has 1 aromatic heterocycles. The fourth-order valence-corrected chi connectivity index (χ4v) is 3.92. The number of aromatic nitrogens is 2. The van der Waals surface area contributed by atoms with Gasteiger partial charge in [0.1, 0.15) is 11.6 Å². The summed E-state index contributed by atoms with van der Waals surface area (Å²) in [4.78, 5) is 14.1. The van der Waals surface area contributed by atoms with Gasteiger partial charge in [-0.05, 0) is 31.5 Å². The molecule has 152 valence electrons. The average Bonchev–Trinajstić information content (AvgIpc) is 3.21. The molecule has 8 heteroatoms. The monoisotopic (exact) mass is 402 g/mol. The van der Waals surface area contributed by atoms with E-state index >= 15 is 0 Å². The van der Waals surface area contributed by atoms with Crippen molar-refractivity contribution in [3.63, 3.8) is 0 Å². The lowest BCUT2D eigenvalue weighted by Gasteiger charge is -2.36. The van der Waals surface area contributed by atoms with Crippen molar-refractivity contribution in [2.45, 2.75) is 33.7 Å². The highest BCUT2D eigenvalue weighted by Crippen LogP contribution is 2.19. The molecule has 28 heavy (non-hydrogen) atoms. The van der Waals surface area contributed by atoms with Crippen LogP contribution in [0, 0.1) is 0 Å². The number of hydrogen-bond acceptors (Lipinski definition) is 6. The van der Waals surface area contributed by atoms with Crippen LogP contribution in [0.2, 0.25) is 0 Å². The Morgan fingerprint density at radius 3 is 2.71 bits per heavy atom. The molecule has 0 amide bonds. The maximum atomic E-state index is 5.59. The zero-order valence-electron chi connectivity index (χ0n) is 17.0. The Bertz CT molecular complexity index is 770. The van der Waals surface area contributed by atoms with Crippen LogP contribution in [0.5, 0.6) is 5.75 Å². The van der Waals surface area contributed by atoms with Gasteiger partial charge in [0.2, 0.25) is 5.13 Å². The summed E-state index contributed by atoms with van der Waals surface area (Å²) in [6.07, 6.45) is 0.887. The van der Waals surface area contributed by atoms with E-state index in [1.54, 1.807) is 0 Å². The third kappa shape index (κ3) is 5.34. The molecular formula is C20H30N6OS. The van der Waals surface area contributed by atoms with E-state index < -0.39 is 0 Å². The highest BCUT2D eigenvalue weighted by atomic mass is 32.1. The molecule has 1 saturated heterocycles. The molecule has 0 radical (unpaired) electrons. The number of guanidine groups is 1. The van der Waals surface area contributed by atoms with E-state index in [9.17, 15) is 0 Å². The predicted molar refractivity (Wildman–Crippen MR) is 115 cm³/mol. The van der Waals surface area contributed by atoms with E-state index in [1.807, 2.05) is 19.1 Å². The first kappa shape index (κ1) is 20.4. The minimum absolute atomic E-state index is 0.639. The van der Waals surface area contributed by atoms with Gasteiger partial charge in [0.15, 0.2) is 5.96 Å². The van der Waals surface area contributed by atoms with Crippen LogP contribution in [0.15, 0.2) is 29.3 Å². The molecule has 3 rings (SSSR count). The van der Waals surface area contributed by atoms with Gasteiger partial charge in [-0.15, -0.1) is 0 Å². The Kier molecular flexibility index (Phi) is 7.47. The Morgan fingerprint density at radius 2 is 2.04 bits per heavy atom. The van der Waals surface area contributed by atoms with Crippen molar-refractivity contribution in [1.82, 2.24) is 19.6 Å². The summed E-state index contributed by atoms with van der Waals surface area (Å²) in [5, 5.41) is 4.46. The maximum absolute atomic E-state index is 5.59. The summed E-state index contributed by atoms with van der Waals surface area (Å²) >= 11 is 1.50. The van der Waals surface area contributed by atoms with Crippen LogP contribution < -0.4 is 15.0 Å². The number of rotatable bonds is 7. The SMILES string of the molecule is CCNC(=NCc1cccc(OCC)c1)N1CCN(c2nc(CC)ns2)CC1. The summed E-state index contributed by atoms with van der Waals surface area (Å²) in [7, 11) is 0. The number of nitrogens with one attached hydrogen (secondary N) is 1. The van der Waals surface area contributed by atoms with Crippen LogP contribution in [-0.4, -0.2) is 59.5 Å². The Labute approximate surface area is 171 Å². The molecular weight excluding hydrogens is 372 g/mol. The Balaban J connectivity index is 1.61. The lowest BCUT2D eigenvalue weighted by molar-refractivity contribution is 0.340. The van der Waals surface area contributed by atoms with Gasteiger partial charge in [-0.25, -0.2) is 9.98 Å². The lowest BCUT2D eigenvalue weighted by atomic mass is 10.2. The number of benzene rings is 1. The summed E-state index contributed by atoms with van der Waals surface area (Å²) in [6.45, 7) is 12.1. The highest BCUT2D eigenvalue weighted by Gasteiger charge is 2.22. The van der Waals surface area contributed by atoms with Crippen molar-refractivity contribution in [2.24, 2.45) is 4.99 Å². The smallest absolute Gasteiger partial charge is 0.205 e. The topological polar surface area (TPSA) is 65.9 Å². The van der Waals surface area contributed by atoms with Gasteiger partial charge in [-0.2, -0.15) is 4.37 Å². The zero-order chi connectivity index (χ0) is 19.8. The molecule has 2 aromatic rings. The van der Waals surface area contributed by atoms with E-state index in [0.717, 1.165) is 67.4 Å². The van der Waals surface area contributed by atoms with E-state index in [-0.39, 0.29) is 0 Å². The lowest BCUT2D eigenvalue weighted by Crippen LogP contribution is -2.52. The van der Waals surface area contributed by atoms with Crippen LogP contribution in [0.4, 0.5) is 5.13 Å². The number of piperazine rings is 1. The Hall–Kier alpha value is -2.35. The van der Waals surface area contributed by atoms with Gasteiger partial charge < -0.3 is 19.9 Å². The van der Waals surface area contributed by atoms with Crippen molar-refractivity contribution in [1.29, 1.82) is 0 Å². The average molecular weight is 403 g/mol. The quantitative estimate of drug-likeness (QED) is 0.567. The van der Waals surface area contributed by atoms with Crippen LogP contribution in [0.3, 0.4) is 0 Å². The van der Waals surface area contributed by atoms with E-state index in [0.29, 0.717) is 13.2 Å². The zero-order valence-corrected chi connectivity index (χ0v) is 17.8. The summed E-state index contributed by atoms with van der Waals surface area (Å²) < 4.78 is 10.00. The van der Waals surface area contributed by atoms with Crippen LogP contribution in [-0.2, 0) is 13.0 Å². The maximum Gasteiger partial charge on any atom is 0.205 e. The second-order valence-electron chi connectivity index (χ2n) is 6.57. The number of aryl methyl sites for hydroxylation is 1. The van der Waals surface area contributed by atoms with Crippen LogP contribution in [0.25, 0.3) is 0 Å². The minimum Gasteiger partial charge on any atom is -0.494 e. The molecule has 2 heterocycles. The van der Waals surface area contributed by atoms with Gasteiger partial charge in [0, 0.05) is 50.7 Å². The molecule has 0 spiro atoms.